The van der Waals surface area contributed by atoms with Gasteiger partial charge >= 0.3 is 0 Å². The van der Waals surface area contributed by atoms with Gasteiger partial charge in [0.1, 0.15) is 16.1 Å². The lowest BCUT2D eigenvalue weighted by atomic mass is 10.3. The Labute approximate surface area is 177 Å². The topological polar surface area (TPSA) is 58.6 Å². The average molecular weight is 439 g/mol. The first-order valence-electron chi connectivity index (χ1n) is 8.85. The summed E-state index contributed by atoms with van der Waals surface area (Å²) in [6.45, 7) is 5.22. The molecule has 9 heteroatoms. The maximum absolute atomic E-state index is 13.4. The standard InChI is InChI=1S/C19H23ClN4O2S2/c1-11-16(27-12(2)21-11)18(25)24(10-6-9-23(3)4)19-22-15-14(26-5)8-7-13(20)17(15)28-19/h7-8H,6,9-10H2,1-5H3. The third-order valence-electron chi connectivity index (χ3n) is 4.23. The molecule has 0 aliphatic rings. The zero-order valence-electron chi connectivity index (χ0n) is 16.6. The van der Waals surface area contributed by atoms with E-state index in [0.29, 0.717) is 32.8 Å². The van der Waals surface area contributed by atoms with E-state index in [1.807, 2.05) is 27.9 Å². The van der Waals surface area contributed by atoms with E-state index in [9.17, 15) is 4.79 Å². The number of hydrogen-bond acceptors (Lipinski definition) is 7. The van der Waals surface area contributed by atoms with Crippen molar-refractivity contribution in [1.29, 1.82) is 0 Å². The van der Waals surface area contributed by atoms with Crippen molar-refractivity contribution >= 4 is 55.5 Å². The summed E-state index contributed by atoms with van der Waals surface area (Å²) in [5, 5.41) is 2.10. The Kier molecular flexibility index (Phi) is 6.54. The van der Waals surface area contributed by atoms with Crippen LogP contribution in [0.15, 0.2) is 12.1 Å². The van der Waals surface area contributed by atoms with E-state index in [-0.39, 0.29) is 5.91 Å². The molecule has 0 saturated carbocycles. The number of thiazole rings is 2. The fourth-order valence-corrected chi connectivity index (χ4v) is 5.05. The lowest BCUT2D eigenvalue weighted by Gasteiger charge is -2.20. The van der Waals surface area contributed by atoms with Crippen molar-refractivity contribution in [3.05, 3.63) is 32.7 Å². The second-order valence-corrected chi connectivity index (χ2v) is 9.27. The number of nitrogens with zero attached hydrogens (tertiary/aromatic N) is 4. The zero-order chi connectivity index (χ0) is 20.4. The summed E-state index contributed by atoms with van der Waals surface area (Å²) < 4.78 is 6.24. The summed E-state index contributed by atoms with van der Waals surface area (Å²) in [4.78, 5) is 27.0. The molecule has 0 atom stereocenters. The molecule has 0 saturated heterocycles. The number of aryl methyl sites for hydroxylation is 2. The Morgan fingerprint density at radius 2 is 1.93 bits per heavy atom. The molecule has 0 radical (unpaired) electrons. The second-order valence-electron chi connectivity index (χ2n) is 6.68. The SMILES string of the molecule is COc1ccc(Cl)c2sc(N(CCCN(C)C)C(=O)c3sc(C)nc3C)nc12. The predicted octanol–water partition coefficient (Wildman–Crippen LogP) is 4.63. The van der Waals surface area contributed by atoms with Crippen molar-refractivity contribution in [2.75, 3.05) is 39.2 Å². The molecule has 0 aliphatic carbocycles. The lowest BCUT2D eigenvalue weighted by molar-refractivity contribution is 0.0989. The van der Waals surface area contributed by atoms with E-state index in [2.05, 4.69) is 9.88 Å². The molecule has 150 valence electrons. The van der Waals surface area contributed by atoms with Gasteiger partial charge in [-0.3, -0.25) is 9.69 Å². The fraction of sp³-hybridized carbons (Fsp3) is 0.421. The van der Waals surface area contributed by atoms with Gasteiger partial charge in [0.2, 0.25) is 0 Å². The molecule has 0 bridgehead atoms. The van der Waals surface area contributed by atoms with E-state index in [1.165, 1.54) is 22.7 Å². The average Bonchev–Trinajstić information content (AvgIpc) is 3.22. The van der Waals surface area contributed by atoms with Gasteiger partial charge in [0.25, 0.3) is 5.91 Å². The van der Waals surface area contributed by atoms with E-state index in [0.717, 1.165) is 28.4 Å². The van der Waals surface area contributed by atoms with Gasteiger partial charge in [0.05, 0.1) is 27.5 Å². The molecule has 1 aromatic carbocycles. The van der Waals surface area contributed by atoms with Crippen molar-refractivity contribution < 1.29 is 9.53 Å². The highest BCUT2D eigenvalue weighted by atomic mass is 35.5. The van der Waals surface area contributed by atoms with Gasteiger partial charge in [0, 0.05) is 6.54 Å². The molecule has 0 aliphatic heterocycles. The largest absolute Gasteiger partial charge is 0.494 e. The van der Waals surface area contributed by atoms with Crippen molar-refractivity contribution in [2.45, 2.75) is 20.3 Å². The number of carbonyl (C=O) groups excluding carboxylic acids is 1. The first-order valence-corrected chi connectivity index (χ1v) is 10.9. The van der Waals surface area contributed by atoms with Gasteiger partial charge in [0.15, 0.2) is 5.13 Å². The number of halogens is 1. The summed E-state index contributed by atoms with van der Waals surface area (Å²) in [7, 11) is 5.64. The normalized spacial score (nSPS) is 11.4. The van der Waals surface area contributed by atoms with Gasteiger partial charge in [-0.2, -0.15) is 0 Å². The van der Waals surface area contributed by atoms with Crippen LogP contribution in [-0.2, 0) is 0 Å². The highest BCUT2D eigenvalue weighted by Crippen LogP contribution is 2.39. The van der Waals surface area contributed by atoms with Gasteiger partial charge in [-0.25, -0.2) is 9.97 Å². The maximum atomic E-state index is 13.4. The molecule has 0 spiro atoms. The van der Waals surface area contributed by atoms with E-state index in [1.54, 1.807) is 24.1 Å². The minimum atomic E-state index is -0.0731. The lowest BCUT2D eigenvalue weighted by Crippen LogP contribution is -2.33. The van der Waals surface area contributed by atoms with Crippen LogP contribution in [0, 0.1) is 13.8 Å². The number of fused-ring (bicyclic) bond motifs is 1. The Morgan fingerprint density at radius 1 is 1.18 bits per heavy atom. The van der Waals surface area contributed by atoms with Crippen LogP contribution in [0.3, 0.4) is 0 Å². The molecule has 6 nitrogen and oxygen atoms in total. The smallest absolute Gasteiger partial charge is 0.272 e. The van der Waals surface area contributed by atoms with Crippen LogP contribution >= 0.6 is 34.3 Å². The van der Waals surface area contributed by atoms with Gasteiger partial charge in [-0.1, -0.05) is 22.9 Å². The van der Waals surface area contributed by atoms with Crippen molar-refractivity contribution in [2.24, 2.45) is 0 Å². The number of benzene rings is 1. The number of methoxy groups -OCH3 is 1. The third kappa shape index (κ3) is 4.30. The monoisotopic (exact) mass is 438 g/mol. The summed E-state index contributed by atoms with van der Waals surface area (Å²) in [6.07, 6.45) is 0.830. The van der Waals surface area contributed by atoms with Crippen LogP contribution in [0.5, 0.6) is 5.75 Å². The minimum Gasteiger partial charge on any atom is -0.494 e. The van der Waals surface area contributed by atoms with Crippen LogP contribution in [0.25, 0.3) is 10.2 Å². The van der Waals surface area contributed by atoms with Gasteiger partial charge in [-0.15, -0.1) is 11.3 Å². The molecule has 2 aromatic heterocycles. The maximum Gasteiger partial charge on any atom is 0.272 e. The van der Waals surface area contributed by atoms with Crippen molar-refractivity contribution in [1.82, 2.24) is 14.9 Å². The summed E-state index contributed by atoms with van der Waals surface area (Å²) >= 11 is 9.20. The molecule has 3 aromatic rings. The molecule has 0 fully saturated rings. The predicted molar refractivity (Wildman–Crippen MR) is 118 cm³/mol. The Balaban J connectivity index is 2.03. The molecular weight excluding hydrogens is 416 g/mol. The van der Waals surface area contributed by atoms with E-state index in [4.69, 9.17) is 21.3 Å². The van der Waals surface area contributed by atoms with Crippen LogP contribution in [0.1, 0.15) is 26.8 Å². The van der Waals surface area contributed by atoms with Crippen LogP contribution < -0.4 is 9.64 Å². The number of carbonyl (C=O) groups is 1. The van der Waals surface area contributed by atoms with Crippen molar-refractivity contribution in [3.63, 3.8) is 0 Å². The minimum absolute atomic E-state index is 0.0731. The van der Waals surface area contributed by atoms with Gasteiger partial charge in [-0.05, 0) is 53.0 Å². The summed E-state index contributed by atoms with van der Waals surface area (Å²) in [6, 6.07) is 3.59. The Morgan fingerprint density at radius 3 is 2.54 bits per heavy atom. The number of aromatic nitrogens is 2. The zero-order valence-corrected chi connectivity index (χ0v) is 19.0. The van der Waals surface area contributed by atoms with Crippen molar-refractivity contribution in [3.8, 4) is 5.75 Å². The third-order valence-corrected chi connectivity index (χ3v) is 6.83. The number of rotatable bonds is 7. The van der Waals surface area contributed by atoms with Gasteiger partial charge < -0.3 is 9.64 Å². The van der Waals surface area contributed by atoms with Crippen LogP contribution in [0.4, 0.5) is 5.13 Å². The molecule has 0 unspecified atom stereocenters. The Hall–Kier alpha value is -1.74. The molecule has 0 N–H and O–H groups in total. The molecular formula is C19H23ClN4O2S2. The highest BCUT2D eigenvalue weighted by Gasteiger charge is 2.26. The summed E-state index contributed by atoms with van der Waals surface area (Å²) in [5.74, 6) is 0.573. The highest BCUT2D eigenvalue weighted by molar-refractivity contribution is 7.23. The molecule has 2 heterocycles. The van der Waals surface area contributed by atoms with Crippen LogP contribution in [0.2, 0.25) is 5.02 Å². The first-order chi connectivity index (χ1) is 13.3. The second kappa shape index (κ2) is 8.73. The van der Waals surface area contributed by atoms with Crippen LogP contribution in [-0.4, -0.2) is 55.1 Å². The van der Waals surface area contributed by atoms with E-state index < -0.39 is 0 Å². The number of ether oxygens (including phenoxy) is 1. The molecule has 3 rings (SSSR count). The summed E-state index contributed by atoms with van der Waals surface area (Å²) in [5.41, 5.74) is 1.43. The number of amides is 1. The van der Waals surface area contributed by atoms with E-state index >= 15 is 0 Å². The quantitative estimate of drug-likeness (QED) is 0.538. The fourth-order valence-electron chi connectivity index (χ4n) is 2.90. The Bertz CT molecular complexity index is 999. The first kappa shape index (κ1) is 21.0. The molecule has 28 heavy (non-hydrogen) atoms. The molecule has 1 amide bonds. The number of anilines is 1. The number of hydrogen-bond donors (Lipinski definition) is 0.